The molecule has 0 aliphatic heterocycles. The summed E-state index contributed by atoms with van der Waals surface area (Å²) in [7, 11) is -3.56. The summed E-state index contributed by atoms with van der Waals surface area (Å²) in [5, 5.41) is 0.186. The molecule has 1 heterocycles. The second-order valence-electron chi connectivity index (χ2n) is 3.62. The van der Waals surface area contributed by atoms with Crippen molar-refractivity contribution >= 4 is 21.6 Å². The Labute approximate surface area is 101 Å². The zero-order chi connectivity index (χ0) is 12.2. The first-order valence-electron chi connectivity index (χ1n) is 5.09. The highest BCUT2D eigenvalue weighted by Crippen LogP contribution is 2.19. The smallest absolute Gasteiger partial charge is 0.243 e. The lowest BCUT2D eigenvalue weighted by Crippen LogP contribution is -2.32. The van der Waals surface area contributed by atoms with Crippen molar-refractivity contribution in [3.8, 4) is 0 Å². The maximum absolute atomic E-state index is 11.9. The fourth-order valence-corrected chi connectivity index (χ4v) is 3.09. The van der Waals surface area contributed by atoms with Gasteiger partial charge in [-0.25, -0.2) is 13.1 Å². The van der Waals surface area contributed by atoms with E-state index in [1.165, 1.54) is 18.5 Å². The van der Waals surface area contributed by atoms with Gasteiger partial charge in [-0.05, 0) is 19.4 Å². The lowest BCUT2D eigenvalue weighted by Gasteiger charge is -2.13. The van der Waals surface area contributed by atoms with Crippen molar-refractivity contribution in [3.05, 3.63) is 23.5 Å². The molecule has 6 heteroatoms. The number of pyridine rings is 1. The van der Waals surface area contributed by atoms with E-state index < -0.39 is 10.0 Å². The van der Waals surface area contributed by atoms with Crippen LogP contribution in [0.3, 0.4) is 0 Å². The molecule has 1 unspecified atom stereocenters. The van der Waals surface area contributed by atoms with Gasteiger partial charge in [-0.1, -0.05) is 24.9 Å². The number of hydrogen-bond donors (Lipinski definition) is 1. The molecule has 1 aromatic rings. The zero-order valence-electron chi connectivity index (χ0n) is 9.27. The molecule has 0 fully saturated rings. The molecule has 0 amide bonds. The zero-order valence-corrected chi connectivity index (χ0v) is 10.8. The fraction of sp³-hybridized carbons (Fsp3) is 0.500. The molecule has 1 aromatic heterocycles. The molecule has 0 aliphatic rings. The van der Waals surface area contributed by atoms with E-state index in [0.29, 0.717) is 0 Å². The van der Waals surface area contributed by atoms with Gasteiger partial charge in [0.15, 0.2) is 0 Å². The van der Waals surface area contributed by atoms with Crippen LogP contribution in [0.15, 0.2) is 23.4 Å². The Morgan fingerprint density at radius 2 is 2.25 bits per heavy atom. The Morgan fingerprint density at radius 3 is 2.81 bits per heavy atom. The van der Waals surface area contributed by atoms with Gasteiger partial charge in [-0.15, -0.1) is 0 Å². The Morgan fingerprint density at radius 1 is 1.56 bits per heavy atom. The predicted octanol–water partition coefficient (Wildman–Crippen LogP) is 2.20. The Hall–Kier alpha value is -0.650. The summed E-state index contributed by atoms with van der Waals surface area (Å²) in [5.74, 6) is 0. The van der Waals surface area contributed by atoms with Crippen molar-refractivity contribution in [3.63, 3.8) is 0 Å². The first kappa shape index (κ1) is 13.4. The fourth-order valence-electron chi connectivity index (χ4n) is 1.38. The van der Waals surface area contributed by atoms with Gasteiger partial charge < -0.3 is 0 Å². The van der Waals surface area contributed by atoms with Gasteiger partial charge in [0.2, 0.25) is 10.0 Å². The van der Waals surface area contributed by atoms with Gasteiger partial charge in [0, 0.05) is 18.4 Å². The van der Waals surface area contributed by atoms with Crippen molar-refractivity contribution in [2.75, 3.05) is 0 Å². The van der Waals surface area contributed by atoms with E-state index in [2.05, 4.69) is 9.71 Å². The summed E-state index contributed by atoms with van der Waals surface area (Å²) >= 11 is 5.81. The highest BCUT2D eigenvalue weighted by atomic mass is 35.5. The molecular formula is C10H15ClN2O2S. The minimum atomic E-state index is -3.56. The van der Waals surface area contributed by atoms with E-state index in [-0.39, 0.29) is 16.0 Å². The molecule has 1 atom stereocenters. The van der Waals surface area contributed by atoms with E-state index in [0.717, 1.165) is 12.8 Å². The van der Waals surface area contributed by atoms with Crippen LogP contribution in [-0.4, -0.2) is 19.4 Å². The SMILES string of the molecule is CCCC(C)NS(=O)(=O)c1cnccc1Cl. The minimum absolute atomic E-state index is 0.0274. The third-order valence-electron chi connectivity index (χ3n) is 2.10. The van der Waals surface area contributed by atoms with Gasteiger partial charge in [0.25, 0.3) is 0 Å². The Kier molecular flexibility index (Phi) is 4.70. The number of rotatable bonds is 5. The summed E-state index contributed by atoms with van der Waals surface area (Å²) < 4.78 is 26.4. The van der Waals surface area contributed by atoms with E-state index in [9.17, 15) is 8.42 Å². The van der Waals surface area contributed by atoms with Gasteiger partial charge >= 0.3 is 0 Å². The maximum Gasteiger partial charge on any atom is 0.243 e. The van der Waals surface area contributed by atoms with Crippen molar-refractivity contribution in [2.45, 2.75) is 37.6 Å². The number of aromatic nitrogens is 1. The number of hydrogen-bond acceptors (Lipinski definition) is 3. The number of halogens is 1. The lowest BCUT2D eigenvalue weighted by atomic mass is 10.2. The first-order valence-corrected chi connectivity index (χ1v) is 6.95. The second kappa shape index (κ2) is 5.61. The van der Waals surface area contributed by atoms with Crippen LogP contribution >= 0.6 is 11.6 Å². The summed E-state index contributed by atoms with van der Waals surface area (Å²) in [4.78, 5) is 3.79. The Bertz CT molecular complexity index is 448. The summed E-state index contributed by atoms with van der Waals surface area (Å²) in [6.07, 6.45) is 4.42. The van der Waals surface area contributed by atoms with Gasteiger partial charge in [-0.2, -0.15) is 0 Å². The van der Waals surface area contributed by atoms with Crippen LogP contribution < -0.4 is 4.72 Å². The number of nitrogens with zero attached hydrogens (tertiary/aromatic N) is 1. The highest BCUT2D eigenvalue weighted by molar-refractivity contribution is 7.89. The largest absolute Gasteiger partial charge is 0.263 e. The predicted molar refractivity (Wildman–Crippen MR) is 63.9 cm³/mol. The molecule has 90 valence electrons. The molecule has 0 aliphatic carbocycles. The van der Waals surface area contributed by atoms with Crippen LogP contribution in [0.5, 0.6) is 0 Å². The molecular weight excluding hydrogens is 248 g/mol. The van der Waals surface area contributed by atoms with E-state index >= 15 is 0 Å². The average molecular weight is 263 g/mol. The van der Waals surface area contributed by atoms with Crippen LogP contribution in [0.25, 0.3) is 0 Å². The second-order valence-corrected chi connectivity index (χ2v) is 5.71. The summed E-state index contributed by atoms with van der Waals surface area (Å²) in [6, 6.07) is 1.35. The Balaban J connectivity index is 2.91. The van der Waals surface area contributed by atoms with E-state index in [4.69, 9.17) is 11.6 Å². The van der Waals surface area contributed by atoms with Crippen LogP contribution in [0, 0.1) is 0 Å². The van der Waals surface area contributed by atoms with Crippen LogP contribution in [-0.2, 0) is 10.0 Å². The molecule has 4 nitrogen and oxygen atoms in total. The lowest BCUT2D eigenvalue weighted by molar-refractivity contribution is 0.543. The number of sulfonamides is 1. The summed E-state index contributed by atoms with van der Waals surface area (Å²) in [6.45, 7) is 3.83. The third kappa shape index (κ3) is 3.43. The summed E-state index contributed by atoms with van der Waals surface area (Å²) in [5.41, 5.74) is 0. The van der Waals surface area contributed by atoms with Gasteiger partial charge in [-0.3, -0.25) is 4.98 Å². The quantitative estimate of drug-likeness (QED) is 0.885. The molecule has 0 radical (unpaired) electrons. The van der Waals surface area contributed by atoms with E-state index in [1.54, 1.807) is 0 Å². The molecule has 0 saturated heterocycles. The first-order chi connectivity index (χ1) is 7.47. The minimum Gasteiger partial charge on any atom is -0.263 e. The highest BCUT2D eigenvalue weighted by Gasteiger charge is 2.19. The normalized spacial score (nSPS) is 13.7. The van der Waals surface area contributed by atoms with Crippen molar-refractivity contribution < 1.29 is 8.42 Å². The molecule has 0 spiro atoms. The number of nitrogens with one attached hydrogen (secondary N) is 1. The van der Waals surface area contributed by atoms with Crippen molar-refractivity contribution in [2.24, 2.45) is 0 Å². The van der Waals surface area contributed by atoms with Gasteiger partial charge in [0.05, 0.1) is 5.02 Å². The molecule has 16 heavy (non-hydrogen) atoms. The van der Waals surface area contributed by atoms with Crippen LogP contribution in [0.2, 0.25) is 5.02 Å². The monoisotopic (exact) mass is 262 g/mol. The molecule has 1 N–H and O–H groups in total. The average Bonchev–Trinajstić information content (AvgIpc) is 2.17. The van der Waals surface area contributed by atoms with E-state index in [1.807, 2.05) is 13.8 Å². The van der Waals surface area contributed by atoms with Crippen LogP contribution in [0.4, 0.5) is 0 Å². The molecule has 0 saturated carbocycles. The van der Waals surface area contributed by atoms with Crippen molar-refractivity contribution in [1.82, 2.24) is 9.71 Å². The van der Waals surface area contributed by atoms with Crippen LogP contribution in [0.1, 0.15) is 26.7 Å². The van der Waals surface area contributed by atoms with Crippen molar-refractivity contribution in [1.29, 1.82) is 0 Å². The standard InChI is InChI=1S/C10H15ClN2O2S/c1-3-4-8(2)13-16(14,15)10-7-12-6-5-9(10)11/h5-8,13H,3-4H2,1-2H3. The molecule has 0 bridgehead atoms. The third-order valence-corrected chi connectivity index (χ3v) is 4.16. The topological polar surface area (TPSA) is 59.1 Å². The molecule has 0 aromatic carbocycles. The molecule has 1 rings (SSSR count). The van der Waals surface area contributed by atoms with Gasteiger partial charge in [0.1, 0.15) is 4.90 Å². The maximum atomic E-state index is 11.9.